The van der Waals surface area contributed by atoms with Gasteiger partial charge in [0.25, 0.3) is 5.91 Å². The van der Waals surface area contributed by atoms with E-state index in [0.717, 1.165) is 18.1 Å². The molecule has 1 rings (SSSR count). The Balaban J connectivity index is 2.91. The van der Waals surface area contributed by atoms with Crippen LogP contribution >= 0.6 is 11.3 Å². The highest BCUT2D eigenvalue weighted by Crippen LogP contribution is 2.42. The van der Waals surface area contributed by atoms with Crippen LogP contribution in [0.5, 0.6) is 5.75 Å². The molecule has 6 nitrogen and oxygen atoms in total. The lowest BCUT2D eigenvalue weighted by Gasteiger charge is -2.28. The van der Waals surface area contributed by atoms with Crippen LogP contribution in [0, 0.1) is 5.41 Å². The van der Waals surface area contributed by atoms with Gasteiger partial charge in [-0.25, -0.2) is 0 Å². The topological polar surface area (TPSA) is 79.6 Å². The van der Waals surface area contributed by atoms with Gasteiger partial charge in [-0.1, -0.05) is 13.8 Å². The molecule has 0 saturated heterocycles. The van der Waals surface area contributed by atoms with Crippen LogP contribution in [0.3, 0.4) is 0 Å². The number of rotatable bonds is 7. The van der Waals surface area contributed by atoms with E-state index < -0.39 is 0 Å². The minimum atomic E-state index is -0.198. The minimum absolute atomic E-state index is 0.0838. The van der Waals surface area contributed by atoms with E-state index in [1.54, 1.807) is 14.2 Å². The molecular formula is C14H26N4O2S. The lowest BCUT2D eigenvalue weighted by Crippen LogP contribution is -2.34. The van der Waals surface area contributed by atoms with Crippen molar-refractivity contribution in [1.29, 1.82) is 0 Å². The van der Waals surface area contributed by atoms with Crippen LogP contribution in [-0.4, -0.2) is 52.1 Å². The fourth-order valence-electron chi connectivity index (χ4n) is 2.26. The Morgan fingerprint density at radius 3 is 2.52 bits per heavy atom. The molecule has 0 saturated carbocycles. The third-order valence-electron chi connectivity index (χ3n) is 3.01. The van der Waals surface area contributed by atoms with Crippen molar-refractivity contribution in [2.24, 2.45) is 5.41 Å². The van der Waals surface area contributed by atoms with Crippen LogP contribution in [0.1, 0.15) is 23.5 Å². The second kappa shape index (κ2) is 7.00. The number of thiophene rings is 1. The molecule has 0 aliphatic carbocycles. The number of nitrogens with zero attached hydrogens (tertiary/aromatic N) is 1. The van der Waals surface area contributed by atoms with Crippen molar-refractivity contribution in [2.75, 3.05) is 52.4 Å². The van der Waals surface area contributed by atoms with Crippen molar-refractivity contribution in [3.63, 3.8) is 0 Å². The summed E-state index contributed by atoms with van der Waals surface area (Å²) in [5.74, 6) is 0.343. The van der Waals surface area contributed by atoms with Crippen molar-refractivity contribution in [3.05, 3.63) is 4.88 Å². The quantitative estimate of drug-likeness (QED) is 0.714. The number of hydrogen-bond donors (Lipinski definition) is 3. The van der Waals surface area contributed by atoms with E-state index in [1.165, 1.54) is 11.3 Å². The Morgan fingerprint density at radius 1 is 1.43 bits per heavy atom. The molecule has 1 amide bonds. The maximum atomic E-state index is 11.8. The van der Waals surface area contributed by atoms with Gasteiger partial charge in [-0.2, -0.15) is 0 Å². The Labute approximate surface area is 130 Å². The van der Waals surface area contributed by atoms with Gasteiger partial charge in [-0.05, 0) is 19.5 Å². The highest BCUT2D eigenvalue weighted by atomic mass is 32.1. The summed E-state index contributed by atoms with van der Waals surface area (Å²) in [5, 5.41) is 6.74. The average molecular weight is 314 g/mol. The first-order valence-corrected chi connectivity index (χ1v) is 7.60. The lowest BCUT2D eigenvalue weighted by atomic mass is 9.93. The van der Waals surface area contributed by atoms with Gasteiger partial charge in [0.2, 0.25) is 0 Å². The van der Waals surface area contributed by atoms with E-state index in [2.05, 4.69) is 43.5 Å². The number of methoxy groups -OCH3 is 1. The lowest BCUT2D eigenvalue weighted by molar-refractivity contribution is 0.0967. The molecular weight excluding hydrogens is 288 g/mol. The van der Waals surface area contributed by atoms with E-state index in [-0.39, 0.29) is 11.3 Å². The molecule has 0 atom stereocenters. The molecule has 0 aliphatic heterocycles. The summed E-state index contributed by atoms with van der Waals surface area (Å²) in [4.78, 5) is 14.4. The summed E-state index contributed by atoms with van der Waals surface area (Å²) in [6, 6.07) is 0. The van der Waals surface area contributed by atoms with Gasteiger partial charge in [0, 0.05) is 20.1 Å². The number of carbonyl (C=O) groups excluding carboxylic acids is 1. The maximum Gasteiger partial charge on any atom is 0.263 e. The Morgan fingerprint density at radius 2 is 2.05 bits per heavy atom. The summed E-state index contributed by atoms with van der Waals surface area (Å²) < 4.78 is 5.33. The van der Waals surface area contributed by atoms with E-state index in [0.29, 0.717) is 16.3 Å². The predicted octanol–water partition coefficient (Wildman–Crippen LogP) is 1.70. The van der Waals surface area contributed by atoms with Crippen molar-refractivity contribution in [3.8, 4) is 5.75 Å². The minimum Gasteiger partial charge on any atom is -0.492 e. The van der Waals surface area contributed by atoms with E-state index in [9.17, 15) is 4.79 Å². The monoisotopic (exact) mass is 314 g/mol. The molecule has 1 aromatic rings. The zero-order valence-corrected chi connectivity index (χ0v) is 14.5. The maximum absolute atomic E-state index is 11.8. The molecule has 120 valence electrons. The van der Waals surface area contributed by atoms with Gasteiger partial charge in [-0.15, -0.1) is 11.3 Å². The third-order valence-corrected chi connectivity index (χ3v) is 4.15. The molecule has 0 spiro atoms. The number of nitrogen functional groups attached to an aromatic ring is 1. The largest absolute Gasteiger partial charge is 0.492 e. The first-order chi connectivity index (χ1) is 9.71. The third kappa shape index (κ3) is 4.50. The molecule has 0 bridgehead atoms. The van der Waals surface area contributed by atoms with E-state index in [1.807, 2.05) is 0 Å². The number of amides is 1. The van der Waals surface area contributed by atoms with Crippen LogP contribution < -0.4 is 21.1 Å². The Hall–Kier alpha value is -1.47. The van der Waals surface area contributed by atoms with Crippen molar-refractivity contribution < 1.29 is 9.53 Å². The van der Waals surface area contributed by atoms with Crippen molar-refractivity contribution in [1.82, 2.24) is 10.2 Å². The average Bonchev–Trinajstić information content (AvgIpc) is 2.70. The fourth-order valence-corrected chi connectivity index (χ4v) is 3.29. The SMILES string of the molecule is CNC(=O)c1sc(NCC(C)(C)CN(C)C)c(OC)c1N. The van der Waals surface area contributed by atoms with Crippen molar-refractivity contribution >= 4 is 27.9 Å². The summed E-state index contributed by atoms with van der Waals surface area (Å²) in [5.41, 5.74) is 6.46. The standard InChI is InChI=1S/C14H26N4O2S/c1-14(2,8-18(4)5)7-17-13-10(20-6)9(15)11(21-13)12(19)16-3/h17H,7-8,15H2,1-6H3,(H,16,19). The molecule has 4 N–H and O–H groups in total. The molecule has 0 radical (unpaired) electrons. The normalized spacial score (nSPS) is 11.6. The van der Waals surface area contributed by atoms with Gasteiger partial charge in [-0.3, -0.25) is 4.79 Å². The second-order valence-corrected chi connectivity index (χ2v) is 7.06. The number of hydrogen-bond acceptors (Lipinski definition) is 6. The first-order valence-electron chi connectivity index (χ1n) is 6.78. The second-order valence-electron chi connectivity index (χ2n) is 6.04. The van der Waals surface area contributed by atoms with Crippen molar-refractivity contribution in [2.45, 2.75) is 13.8 Å². The van der Waals surface area contributed by atoms with Gasteiger partial charge < -0.3 is 26.0 Å². The van der Waals surface area contributed by atoms with Crippen LogP contribution in [0.15, 0.2) is 0 Å². The highest BCUT2D eigenvalue weighted by molar-refractivity contribution is 7.19. The zero-order chi connectivity index (χ0) is 16.2. The Bertz CT molecular complexity index is 497. The summed E-state index contributed by atoms with van der Waals surface area (Å²) in [6.07, 6.45) is 0. The number of carbonyl (C=O) groups is 1. The van der Waals surface area contributed by atoms with E-state index in [4.69, 9.17) is 10.5 Å². The zero-order valence-electron chi connectivity index (χ0n) is 13.7. The molecule has 0 aliphatic rings. The summed E-state index contributed by atoms with van der Waals surface area (Å²) in [7, 11) is 7.24. The molecule has 21 heavy (non-hydrogen) atoms. The molecule has 0 unspecified atom stereocenters. The smallest absolute Gasteiger partial charge is 0.263 e. The molecule has 1 heterocycles. The van der Waals surface area contributed by atoms with Crippen LogP contribution in [0.25, 0.3) is 0 Å². The predicted molar refractivity (Wildman–Crippen MR) is 89.5 cm³/mol. The van der Waals surface area contributed by atoms with E-state index >= 15 is 0 Å². The molecule has 0 aromatic carbocycles. The molecule has 0 fully saturated rings. The molecule has 7 heteroatoms. The number of ether oxygens (including phenoxy) is 1. The summed E-state index contributed by atoms with van der Waals surface area (Å²) in [6.45, 7) is 6.08. The highest BCUT2D eigenvalue weighted by Gasteiger charge is 2.24. The van der Waals surface area contributed by atoms with Gasteiger partial charge in [0.05, 0.1) is 7.11 Å². The number of nitrogens with two attached hydrogens (primary N) is 1. The van der Waals surface area contributed by atoms with Crippen LogP contribution in [0.4, 0.5) is 10.7 Å². The number of nitrogens with one attached hydrogen (secondary N) is 2. The Kier molecular flexibility index (Phi) is 5.86. The van der Waals surface area contributed by atoms with Gasteiger partial charge in [0.15, 0.2) is 5.75 Å². The summed E-state index contributed by atoms with van der Waals surface area (Å²) >= 11 is 1.32. The molecule has 1 aromatic heterocycles. The number of anilines is 2. The van der Waals surface area contributed by atoms with Gasteiger partial charge in [0.1, 0.15) is 15.6 Å². The first kappa shape index (κ1) is 17.6. The fraction of sp³-hybridized carbons (Fsp3) is 0.643. The van der Waals surface area contributed by atoms with Crippen LogP contribution in [-0.2, 0) is 0 Å². The van der Waals surface area contributed by atoms with Gasteiger partial charge >= 0.3 is 0 Å². The van der Waals surface area contributed by atoms with Crippen LogP contribution in [0.2, 0.25) is 0 Å².